The number of amides is 1. The largest absolute Gasteiger partial charge is 0.481 e. The molecule has 0 radical (unpaired) electrons. The molecule has 1 aromatic carbocycles. The Balaban J connectivity index is 2.01. The van der Waals surface area contributed by atoms with Crippen molar-refractivity contribution >= 4 is 17.5 Å². The first-order valence-corrected chi connectivity index (χ1v) is 7.01. The van der Waals surface area contributed by atoms with Crippen LogP contribution in [-0.4, -0.2) is 23.0 Å². The molecule has 0 fully saturated rings. The van der Waals surface area contributed by atoms with E-state index in [4.69, 9.17) is 9.26 Å². The highest BCUT2D eigenvalue weighted by molar-refractivity contribution is 5.94. The molecule has 0 spiro atoms. The van der Waals surface area contributed by atoms with Gasteiger partial charge in [0.15, 0.2) is 17.7 Å². The van der Waals surface area contributed by atoms with E-state index >= 15 is 0 Å². The quantitative estimate of drug-likeness (QED) is 0.830. The molecule has 0 aliphatic carbocycles. The lowest BCUT2D eigenvalue weighted by Gasteiger charge is -2.16. The summed E-state index contributed by atoms with van der Waals surface area (Å²) in [6.07, 6.45) is -0.155. The van der Waals surface area contributed by atoms with Gasteiger partial charge in [0.1, 0.15) is 11.5 Å². The van der Waals surface area contributed by atoms with Crippen molar-refractivity contribution in [1.82, 2.24) is 5.16 Å². The van der Waals surface area contributed by atoms with Gasteiger partial charge in [-0.2, -0.15) is 0 Å². The molecular formula is C16H18N2O4. The zero-order chi connectivity index (χ0) is 16.1. The molecule has 1 aromatic heterocycles. The van der Waals surface area contributed by atoms with E-state index in [1.165, 1.54) is 6.92 Å². The van der Waals surface area contributed by atoms with Crippen molar-refractivity contribution in [1.29, 1.82) is 0 Å². The van der Waals surface area contributed by atoms with Gasteiger partial charge in [-0.05, 0) is 44.5 Å². The van der Waals surface area contributed by atoms with Gasteiger partial charge < -0.3 is 14.6 Å². The summed E-state index contributed by atoms with van der Waals surface area (Å²) in [4.78, 5) is 23.4. The Morgan fingerprint density at radius 3 is 2.50 bits per heavy atom. The molecule has 116 valence electrons. The van der Waals surface area contributed by atoms with Crippen LogP contribution in [0.2, 0.25) is 0 Å². The van der Waals surface area contributed by atoms with E-state index in [9.17, 15) is 9.59 Å². The van der Waals surface area contributed by atoms with Gasteiger partial charge in [0.2, 0.25) is 0 Å². The van der Waals surface area contributed by atoms with E-state index in [1.807, 2.05) is 6.92 Å². The van der Waals surface area contributed by atoms with Crippen LogP contribution in [0.5, 0.6) is 5.75 Å². The number of rotatable bonds is 6. The summed E-state index contributed by atoms with van der Waals surface area (Å²) in [6, 6.07) is 8.32. The second-order valence-corrected chi connectivity index (χ2v) is 4.91. The normalized spacial score (nSPS) is 11.8. The molecule has 1 atom stereocenters. The van der Waals surface area contributed by atoms with Gasteiger partial charge in [-0.1, -0.05) is 12.1 Å². The van der Waals surface area contributed by atoms with Crippen molar-refractivity contribution in [3.05, 3.63) is 41.7 Å². The number of hydrogen-bond donors (Lipinski definition) is 1. The average Bonchev–Trinajstić information content (AvgIpc) is 2.90. The van der Waals surface area contributed by atoms with E-state index in [2.05, 4.69) is 10.5 Å². The van der Waals surface area contributed by atoms with Gasteiger partial charge in [-0.25, -0.2) is 0 Å². The number of benzene rings is 1. The first-order chi connectivity index (χ1) is 10.5. The molecular weight excluding hydrogens is 284 g/mol. The Labute approximate surface area is 128 Å². The van der Waals surface area contributed by atoms with Crippen LogP contribution in [0.25, 0.3) is 0 Å². The smallest absolute Gasteiger partial charge is 0.266 e. The number of ketones is 1. The number of Topliss-reactive ketones (excluding diaryl/α,β-unsaturated/α-hetero) is 1. The maximum atomic E-state index is 12.2. The third kappa shape index (κ3) is 3.94. The Bertz CT molecular complexity index is 661. The van der Waals surface area contributed by atoms with Crippen LogP contribution in [0, 0.1) is 6.92 Å². The minimum Gasteiger partial charge on any atom is -0.481 e. The number of ether oxygens (including phenoxy) is 1. The lowest BCUT2D eigenvalue weighted by molar-refractivity contribution is -0.122. The Morgan fingerprint density at radius 1 is 1.32 bits per heavy atom. The molecule has 0 aliphatic rings. The summed E-state index contributed by atoms with van der Waals surface area (Å²) < 4.78 is 10.6. The molecule has 6 nitrogen and oxygen atoms in total. The lowest BCUT2D eigenvalue weighted by Crippen LogP contribution is -2.32. The van der Waals surface area contributed by atoms with Gasteiger partial charge in [-0.3, -0.25) is 9.59 Å². The van der Waals surface area contributed by atoms with Crippen molar-refractivity contribution in [2.45, 2.75) is 33.3 Å². The molecule has 1 heterocycles. The summed E-state index contributed by atoms with van der Waals surface area (Å²) in [5.74, 6) is 1.19. The highest BCUT2D eigenvalue weighted by atomic mass is 16.5. The van der Waals surface area contributed by atoms with E-state index < -0.39 is 6.10 Å². The number of carbonyl (C=O) groups excluding carboxylic acids is 2. The molecule has 0 bridgehead atoms. The number of nitrogens with one attached hydrogen (secondary N) is 1. The highest BCUT2D eigenvalue weighted by Gasteiger charge is 2.19. The summed E-state index contributed by atoms with van der Waals surface area (Å²) in [5.41, 5.74) is 0.600. The SMILES string of the molecule is CCC(Oc1ccc(C(C)=O)cc1)C(=O)Nc1cc(C)on1. The van der Waals surface area contributed by atoms with Crippen LogP contribution in [0.3, 0.4) is 0 Å². The van der Waals surface area contributed by atoms with Gasteiger partial charge in [0, 0.05) is 11.6 Å². The second kappa shape index (κ2) is 6.89. The minimum atomic E-state index is -0.653. The monoisotopic (exact) mass is 302 g/mol. The van der Waals surface area contributed by atoms with Crippen molar-refractivity contribution in [3.63, 3.8) is 0 Å². The average molecular weight is 302 g/mol. The first-order valence-electron chi connectivity index (χ1n) is 7.01. The van der Waals surface area contributed by atoms with Crippen LogP contribution in [0.1, 0.15) is 36.4 Å². The van der Waals surface area contributed by atoms with Crippen LogP contribution in [0.4, 0.5) is 5.82 Å². The molecule has 22 heavy (non-hydrogen) atoms. The van der Waals surface area contributed by atoms with Gasteiger partial charge >= 0.3 is 0 Å². The Hall–Kier alpha value is -2.63. The fraction of sp³-hybridized carbons (Fsp3) is 0.312. The number of anilines is 1. The highest BCUT2D eigenvalue weighted by Crippen LogP contribution is 2.16. The zero-order valence-electron chi connectivity index (χ0n) is 12.8. The molecule has 6 heteroatoms. The lowest BCUT2D eigenvalue weighted by atomic mass is 10.1. The molecule has 0 saturated heterocycles. The Morgan fingerprint density at radius 2 is 2.00 bits per heavy atom. The number of nitrogens with zero attached hydrogens (tertiary/aromatic N) is 1. The number of carbonyl (C=O) groups is 2. The van der Waals surface area contributed by atoms with Crippen LogP contribution >= 0.6 is 0 Å². The first kappa shape index (κ1) is 15.8. The standard InChI is InChI=1S/C16H18N2O4/c1-4-14(16(20)17-15-9-10(2)22-18-15)21-13-7-5-12(6-8-13)11(3)19/h5-9,14H,4H2,1-3H3,(H,17,18,20). The van der Waals surface area contributed by atoms with Crippen LogP contribution < -0.4 is 10.1 Å². The summed E-state index contributed by atoms with van der Waals surface area (Å²) in [6.45, 7) is 5.09. The third-order valence-corrected chi connectivity index (χ3v) is 3.08. The van der Waals surface area contributed by atoms with Crippen molar-refractivity contribution in [3.8, 4) is 5.75 Å². The summed E-state index contributed by atoms with van der Waals surface area (Å²) >= 11 is 0. The number of hydrogen-bond acceptors (Lipinski definition) is 5. The summed E-state index contributed by atoms with van der Waals surface area (Å²) in [5, 5.41) is 6.35. The Kier molecular flexibility index (Phi) is 4.93. The summed E-state index contributed by atoms with van der Waals surface area (Å²) in [7, 11) is 0. The predicted molar refractivity (Wildman–Crippen MR) is 81.0 cm³/mol. The van der Waals surface area contributed by atoms with Gasteiger partial charge in [0.05, 0.1) is 0 Å². The molecule has 0 aliphatic heterocycles. The van der Waals surface area contributed by atoms with E-state index in [0.717, 1.165) is 0 Å². The molecule has 2 rings (SSSR count). The third-order valence-electron chi connectivity index (χ3n) is 3.08. The molecule has 1 amide bonds. The molecule has 0 saturated carbocycles. The molecule has 2 aromatic rings. The van der Waals surface area contributed by atoms with Crippen LogP contribution in [-0.2, 0) is 4.79 Å². The molecule has 1 N–H and O–H groups in total. The maximum absolute atomic E-state index is 12.2. The van der Waals surface area contributed by atoms with E-state index in [-0.39, 0.29) is 11.7 Å². The van der Waals surface area contributed by atoms with Crippen molar-refractivity contribution in [2.24, 2.45) is 0 Å². The topological polar surface area (TPSA) is 81.4 Å². The van der Waals surface area contributed by atoms with Crippen LogP contribution in [0.15, 0.2) is 34.9 Å². The van der Waals surface area contributed by atoms with Crippen molar-refractivity contribution in [2.75, 3.05) is 5.32 Å². The van der Waals surface area contributed by atoms with Gasteiger partial charge in [0.25, 0.3) is 5.91 Å². The molecule has 1 unspecified atom stereocenters. The van der Waals surface area contributed by atoms with E-state index in [1.54, 1.807) is 37.3 Å². The fourth-order valence-electron chi connectivity index (χ4n) is 1.89. The predicted octanol–water partition coefficient (Wildman–Crippen LogP) is 2.98. The zero-order valence-corrected chi connectivity index (χ0v) is 12.8. The second-order valence-electron chi connectivity index (χ2n) is 4.91. The number of aromatic nitrogens is 1. The van der Waals surface area contributed by atoms with Crippen molar-refractivity contribution < 1.29 is 18.8 Å². The van der Waals surface area contributed by atoms with Gasteiger partial charge in [-0.15, -0.1) is 0 Å². The maximum Gasteiger partial charge on any atom is 0.266 e. The van der Waals surface area contributed by atoms with E-state index in [0.29, 0.717) is 29.3 Å². The number of aryl methyl sites for hydroxylation is 1. The fourth-order valence-corrected chi connectivity index (χ4v) is 1.89. The minimum absolute atomic E-state index is 0.0160.